The van der Waals surface area contributed by atoms with Crippen LogP contribution >= 0.6 is 11.3 Å². The van der Waals surface area contributed by atoms with Crippen molar-refractivity contribution in [3.63, 3.8) is 0 Å². The number of carbonyl (C=O) groups is 1. The van der Waals surface area contributed by atoms with Crippen molar-refractivity contribution in [3.8, 4) is 0 Å². The molecule has 5 nitrogen and oxygen atoms in total. The summed E-state index contributed by atoms with van der Waals surface area (Å²) in [7, 11) is 0. The maximum absolute atomic E-state index is 12.3. The minimum absolute atomic E-state index is 0.285. The predicted octanol–water partition coefficient (Wildman–Crippen LogP) is 4.58. The van der Waals surface area contributed by atoms with Crippen LogP contribution in [0.15, 0.2) is 28.7 Å². The molecule has 3 rings (SSSR count). The Morgan fingerprint density at radius 1 is 1.26 bits per heavy atom. The Kier molecular flexibility index (Phi) is 4.71. The SMILES string of the molecule is CCCCCc1nnc(NC(=O)c2cc3cc(C)ccc3o2)s1. The van der Waals surface area contributed by atoms with E-state index in [2.05, 4.69) is 22.4 Å². The summed E-state index contributed by atoms with van der Waals surface area (Å²) in [6.45, 7) is 4.17. The number of fused-ring (bicyclic) bond motifs is 1. The van der Waals surface area contributed by atoms with Crippen molar-refractivity contribution in [3.05, 3.63) is 40.6 Å². The van der Waals surface area contributed by atoms with E-state index in [-0.39, 0.29) is 11.7 Å². The van der Waals surface area contributed by atoms with Crippen molar-refractivity contribution in [1.82, 2.24) is 10.2 Å². The van der Waals surface area contributed by atoms with Gasteiger partial charge in [0.1, 0.15) is 10.6 Å². The molecule has 120 valence electrons. The summed E-state index contributed by atoms with van der Waals surface area (Å²) >= 11 is 1.42. The number of furan rings is 1. The van der Waals surface area contributed by atoms with Gasteiger partial charge >= 0.3 is 0 Å². The van der Waals surface area contributed by atoms with Gasteiger partial charge in [-0.05, 0) is 31.5 Å². The van der Waals surface area contributed by atoms with Crippen LogP contribution in [-0.4, -0.2) is 16.1 Å². The Bertz CT molecular complexity index is 822. The number of unbranched alkanes of at least 4 members (excludes halogenated alkanes) is 2. The molecular weight excluding hydrogens is 310 g/mol. The molecule has 0 fully saturated rings. The number of aromatic nitrogens is 2. The van der Waals surface area contributed by atoms with E-state index < -0.39 is 0 Å². The highest BCUT2D eigenvalue weighted by Gasteiger charge is 2.15. The van der Waals surface area contributed by atoms with E-state index in [0.717, 1.165) is 28.8 Å². The number of nitrogens with one attached hydrogen (secondary N) is 1. The van der Waals surface area contributed by atoms with Crippen molar-refractivity contribution in [2.24, 2.45) is 0 Å². The zero-order valence-corrected chi connectivity index (χ0v) is 14.1. The van der Waals surface area contributed by atoms with Crippen LogP contribution in [-0.2, 0) is 6.42 Å². The highest BCUT2D eigenvalue weighted by atomic mass is 32.1. The Labute approximate surface area is 138 Å². The van der Waals surface area contributed by atoms with Gasteiger partial charge in [0, 0.05) is 11.8 Å². The molecule has 2 heterocycles. The molecule has 0 saturated carbocycles. The highest BCUT2D eigenvalue weighted by Crippen LogP contribution is 2.23. The van der Waals surface area contributed by atoms with Crippen molar-refractivity contribution < 1.29 is 9.21 Å². The second-order valence-electron chi connectivity index (χ2n) is 5.56. The normalized spacial score (nSPS) is 11.0. The molecule has 0 aliphatic heterocycles. The molecule has 6 heteroatoms. The molecule has 0 unspecified atom stereocenters. The lowest BCUT2D eigenvalue weighted by atomic mass is 10.2. The molecule has 0 radical (unpaired) electrons. The van der Waals surface area contributed by atoms with E-state index in [4.69, 9.17) is 4.42 Å². The lowest BCUT2D eigenvalue weighted by Crippen LogP contribution is -2.10. The lowest BCUT2D eigenvalue weighted by Gasteiger charge is -1.96. The maximum atomic E-state index is 12.3. The Balaban J connectivity index is 1.68. The van der Waals surface area contributed by atoms with Crippen LogP contribution in [0, 0.1) is 6.92 Å². The zero-order chi connectivity index (χ0) is 16.2. The molecule has 1 N–H and O–H groups in total. The molecule has 0 spiro atoms. The number of carbonyl (C=O) groups excluding carboxylic acids is 1. The quantitative estimate of drug-likeness (QED) is 0.672. The van der Waals surface area contributed by atoms with E-state index >= 15 is 0 Å². The summed E-state index contributed by atoms with van der Waals surface area (Å²) < 4.78 is 5.59. The van der Waals surface area contributed by atoms with Crippen LogP contribution in [0.3, 0.4) is 0 Å². The van der Waals surface area contributed by atoms with E-state index in [9.17, 15) is 4.79 Å². The summed E-state index contributed by atoms with van der Waals surface area (Å²) in [6.07, 6.45) is 4.36. The van der Waals surface area contributed by atoms with Crippen molar-refractivity contribution in [2.75, 3.05) is 5.32 Å². The van der Waals surface area contributed by atoms with Crippen molar-refractivity contribution in [2.45, 2.75) is 39.5 Å². The number of hydrogen-bond donors (Lipinski definition) is 1. The minimum Gasteiger partial charge on any atom is -0.451 e. The van der Waals surface area contributed by atoms with Gasteiger partial charge in [0.05, 0.1) is 0 Å². The fourth-order valence-corrected chi connectivity index (χ4v) is 3.14. The molecule has 0 saturated heterocycles. The zero-order valence-electron chi connectivity index (χ0n) is 13.3. The van der Waals surface area contributed by atoms with Crippen LogP contribution in [0.4, 0.5) is 5.13 Å². The monoisotopic (exact) mass is 329 g/mol. The van der Waals surface area contributed by atoms with E-state index in [1.165, 1.54) is 24.2 Å². The van der Waals surface area contributed by atoms with Gasteiger partial charge < -0.3 is 4.42 Å². The molecule has 1 amide bonds. The number of aryl methyl sites for hydroxylation is 2. The number of benzene rings is 1. The van der Waals surface area contributed by atoms with Gasteiger partial charge in [-0.15, -0.1) is 10.2 Å². The average Bonchev–Trinajstić information content (AvgIpc) is 3.14. The second-order valence-corrected chi connectivity index (χ2v) is 6.63. The summed E-state index contributed by atoms with van der Waals surface area (Å²) in [5.74, 6) is -0.0107. The summed E-state index contributed by atoms with van der Waals surface area (Å²) in [4.78, 5) is 12.3. The molecular formula is C17H19N3O2S. The summed E-state index contributed by atoms with van der Waals surface area (Å²) in [5.41, 5.74) is 1.84. The first-order valence-electron chi connectivity index (χ1n) is 7.79. The average molecular weight is 329 g/mol. The van der Waals surface area contributed by atoms with Gasteiger partial charge in [-0.2, -0.15) is 0 Å². The third-order valence-electron chi connectivity index (χ3n) is 3.58. The van der Waals surface area contributed by atoms with Gasteiger partial charge in [-0.3, -0.25) is 10.1 Å². The van der Waals surface area contributed by atoms with Crippen molar-refractivity contribution in [1.29, 1.82) is 0 Å². The van der Waals surface area contributed by atoms with Gasteiger partial charge in [0.25, 0.3) is 5.91 Å². The van der Waals surface area contributed by atoms with Gasteiger partial charge in [-0.1, -0.05) is 42.7 Å². The highest BCUT2D eigenvalue weighted by molar-refractivity contribution is 7.15. The third-order valence-corrected chi connectivity index (χ3v) is 4.48. The Morgan fingerprint density at radius 3 is 2.96 bits per heavy atom. The lowest BCUT2D eigenvalue weighted by molar-refractivity contribution is 0.0998. The van der Waals surface area contributed by atoms with E-state index in [1.807, 2.05) is 25.1 Å². The molecule has 0 aliphatic carbocycles. The summed E-state index contributed by atoms with van der Waals surface area (Å²) in [6, 6.07) is 7.58. The van der Waals surface area contributed by atoms with Gasteiger partial charge in [0.15, 0.2) is 5.76 Å². The molecule has 0 aliphatic rings. The summed E-state index contributed by atoms with van der Waals surface area (Å²) in [5, 5.41) is 13.3. The smallest absolute Gasteiger partial charge is 0.293 e. The van der Waals surface area contributed by atoms with Crippen LogP contribution in [0.1, 0.15) is 47.3 Å². The number of anilines is 1. The number of nitrogens with zero attached hydrogens (tertiary/aromatic N) is 2. The number of amides is 1. The topological polar surface area (TPSA) is 68.0 Å². The van der Waals surface area contributed by atoms with Gasteiger partial charge in [0.2, 0.25) is 5.13 Å². The van der Waals surface area contributed by atoms with Crippen LogP contribution < -0.4 is 5.32 Å². The first-order chi connectivity index (χ1) is 11.2. The Hall–Kier alpha value is -2.21. The third kappa shape index (κ3) is 3.76. The molecule has 3 aromatic rings. The molecule has 1 aromatic carbocycles. The molecule has 23 heavy (non-hydrogen) atoms. The van der Waals surface area contributed by atoms with E-state index in [0.29, 0.717) is 10.7 Å². The predicted molar refractivity (Wildman–Crippen MR) is 92.0 cm³/mol. The minimum atomic E-state index is -0.296. The second kappa shape index (κ2) is 6.91. The number of hydrogen-bond acceptors (Lipinski definition) is 5. The standard InChI is InChI=1S/C17H19N3O2S/c1-3-4-5-6-15-19-20-17(23-15)18-16(21)14-10-12-9-11(2)7-8-13(12)22-14/h7-10H,3-6H2,1-2H3,(H,18,20,21). The van der Waals surface area contributed by atoms with Crippen molar-refractivity contribution >= 4 is 33.3 Å². The fraction of sp³-hybridized carbons (Fsp3) is 0.353. The Morgan fingerprint density at radius 2 is 2.13 bits per heavy atom. The van der Waals surface area contributed by atoms with Crippen LogP contribution in [0.2, 0.25) is 0 Å². The van der Waals surface area contributed by atoms with Gasteiger partial charge in [-0.25, -0.2) is 0 Å². The van der Waals surface area contributed by atoms with E-state index in [1.54, 1.807) is 6.07 Å². The maximum Gasteiger partial charge on any atom is 0.293 e. The fourth-order valence-electron chi connectivity index (χ4n) is 2.36. The largest absolute Gasteiger partial charge is 0.451 e. The first-order valence-corrected chi connectivity index (χ1v) is 8.61. The first kappa shape index (κ1) is 15.7. The molecule has 2 aromatic heterocycles. The van der Waals surface area contributed by atoms with Crippen LogP contribution in [0.5, 0.6) is 0 Å². The molecule has 0 bridgehead atoms. The number of rotatable bonds is 6. The van der Waals surface area contributed by atoms with Crippen LogP contribution in [0.25, 0.3) is 11.0 Å². The molecule has 0 atom stereocenters.